The Labute approximate surface area is 113 Å². The van der Waals surface area contributed by atoms with Crippen molar-refractivity contribution in [3.8, 4) is 5.75 Å². The van der Waals surface area contributed by atoms with Crippen LogP contribution in [0.2, 0.25) is 0 Å². The second kappa shape index (κ2) is 3.83. The van der Waals surface area contributed by atoms with Crippen LogP contribution in [-0.4, -0.2) is 18.0 Å². The van der Waals surface area contributed by atoms with E-state index in [0.29, 0.717) is 19.3 Å². The first kappa shape index (κ1) is 12.7. The molecule has 19 heavy (non-hydrogen) atoms. The molecule has 2 aliphatic carbocycles. The first-order valence-electron chi connectivity index (χ1n) is 6.86. The van der Waals surface area contributed by atoms with Crippen molar-refractivity contribution in [1.82, 2.24) is 0 Å². The predicted molar refractivity (Wildman–Crippen MR) is 72.3 cm³/mol. The van der Waals surface area contributed by atoms with Gasteiger partial charge in [0.2, 0.25) is 0 Å². The van der Waals surface area contributed by atoms with Crippen molar-refractivity contribution >= 4 is 5.78 Å². The smallest absolute Gasteiger partial charge is 0.142 e. The summed E-state index contributed by atoms with van der Waals surface area (Å²) in [4.78, 5) is 12.3. The molecule has 0 spiro atoms. The minimum atomic E-state index is -1.02. The van der Waals surface area contributed by atoms with Crippen molar-refractivity contribution in [2.45, 2.75) is 45.1 Å². The number of ketones is 1. The van der Waals surface area contributed by atoms with Crippen molar-refractivity contribution in [2.24, 2.45) is 5.41 Å². The van der Waals surface area contributed by atoms with E-state index in [9.17, 15) is 9.90 Å². The van der Waals surface area contributed by atoms with E-state index in [-0.39, 0.29) is 5.78 Å². The monoisotopic (exact) mass is 260 g/mol. The van der Waals surface area contributed by atoms with Gasteiger partial charge in [0.25, 0.3) is 0 Å². The number of hydrogen-bond acceptors (Lipinski definition) is 3. The van der Waals surface area contributed by atoms with Crippen LogP contribution >= 0.6 is 0 Å². The summed E-state index contributed by atoms with van der Waals surface area (Å²) in [5.41, 5.74) is 1.37. The lowest BCUT2D eigenvalue weighted by Gasteiger charge is -2.42. The van der Waals surface area contributed by atoms with Crippen LogP contribution in [0.5, 0.6) is 5.75 Å². The Bertz CT molecular complexity index is 563. The second-order valence-electron chi connectivity index (χ2n) is 6.12. The predicted octanol–water partition coefficient (Wildman–Crippen LogP) is 2.51. The highest BCUT2D eigenvalue weighted by Gasteiger charge is 2.59. The maximum absolute atomic E-state index is 12.3. The number of benzene rings is 1. The van der Waals surface area contributed by atoms with E-state index in [0.717, 1.165) is 28.9 Å². The van der Waals surface area contributed by atoms with Crippen LogP contribution in [0.1, 0.15) is 42.9 Å². The van der Waals surface area contributed by atoms with Crippen molar-refractivity contribution < 1.29 is 14.6 Å². The SMILES string of the molecule is COc1cc2c(cc1C)C[C@@]1(C)C(=O)CCC[C@@]21O. The van der Waals surface area contributed by atoms with Gasteiger partial charge in [-0.25, -0.2) is 0 Å². The van der Waals surface area contributed by atoms with Gasteiger partial charge in [-0.2, -0.15) is 0 Å². The molecule has 1 aromatic carbocycles. The molecule has 1 N–H and O–H groups in total. The zero-order chi connectivity index (χ0) is 13.8. The lowest BCUT2D eigenvalue weighted by atomic mass is 9.64. The molecule has 102 valence electrons. The van der Waals surface area contributed by atoms with E-state index in [1.54, 1.807) is 7.11 Å². The summed E-state index contributed by atoms with van der Waals surface area (Å²) in [6.45, 7) is 3.91. The van der Waals surface area contributed by atoms with Gasteiger partial charge in [-0.05, 0) is 55.9 Å². The second-order valence-corrected chi connectivity index (χ2v) is 6.12. The fraction of sp³-hybridized carbons (Fsp3) is 0.562. The minimum Gasteiger partial charge on any atom is -0.496 e. The maximum atomic E-state index is 12.3. The molecule has 2 atom stereocenters. The fourth-order valence-electron chi connectivity index (χ4n) is 3.84. The summed E-state index contributed by atoms with van der Waals surface area (Å²) in [5.74, 6) is 0.975. The topological polar surface area (TPSA) is 46.5 Å². The van der Waals surface area contributed by atoms with Crippen molar-refractivity contribution in [3.63, 3.8) is 0 Å². The zero-order valence-corrected chi connectivity index (χ0v) is 11.7. The molecule has 1 aromatic rings. The normalized spacial score (nSPS) is 32.9. The van der Waals surface area contributed by atoms with Gasteiger partial charge in [0, 0.05) is 6.42 Å². The van der Waals surface area contributed by atoms with Crippen LogP contribution in [0.15, 0.2) is 12.1 Å². The number of Topliss-reactive ketones (excluding diaryl/α,β-unsaturated/α-hetero) is 1. The summed E-state index contributed by atoms with van der Waals surface area (Å²) >= 11 is 0. The Balaban J connectivity index is 2.21. The molecule has 0 radical (unpaired) electrons. The Morgan fingerprint density at radius 1 is 1.37 bits per heavy atom. The Morgan fingerprint density at radius 2 is 2.11 bits per heavy atom. The number of ether oxygens (including phenoxy) is 1. The Morgan fingerprint density at radius 3 is 2.79 bits per heavy atom. The molecule has 0 aromatic heterocycles. The van der Waals surface area contributed by atoms with Crippen molar-refractivity contribution in [1.29, 1.82) is 0 Å². The van der Waals surface area contributed by atoms with Crippen LogP contribution in [-0.2, 0) is 16.8 Å². The lowest BCUT2D eigenvalue weighted by Crippen LogP contribution is -2.49. The third-order valence-corrected chi connectivity index (χ3v) is 5.08. The highest BCUT2D eigenvalue weighted by atomic mass is 16.5. The first-order chi connectivity index (χ1) is 8.92. The van der Waals surface area contributed by atoms with Gasteiger partial charge < -0.3 is 9.84 Å². The van der Waals surface area contributed by atoms with E-state index >= 15 is 0 Å². The fourth-order valence-corrected chi connectivity index (χ4v) is 3.84. The third-order valence-electron chi connectivity index (χ3n) is 5.08. The molecule has 3 rings (SSSR count). The van der Waals surface area contributed by atoms with Gasteiger partial charge >= 0.3 is 0 Å². The molecule has 3 nitrogen and oxygen atoms in total. The number of carbonyl (C=O) groups excluding carboxylic acids is 1. The zero-order valence-electron chi connectivity index (χ0n) is 11.7. The number of aryl methyl sites for hydroxylation is 1. The van der Waals surface area contributed by atoms with Gasteiger partial charge in [0.1, 0.15) is 17.1 Å². The van der Waals surface area contributed by atoms with Crippen molar-refractivity contribution in [2.75, 3.05) is 7.11 Å². The van der Waals surface area contributed by atoms with E-state index in [4.69, 9.17) is 4.74 Å². The van der Waals surface area contributed by atoms with Gasteiger partial charge in [0.15, 0.2) is 0 Å². The summed E-state index contributed by atoms with van der Waals surface area (Å²) in [7, 11) is 1.64. The minimum absolute atomic E-state index is 0.189. The molecule has 2 aliphatic rings. The highest BCUT2D eigenvalue weighted by molar-refractivity contribution is 5.88. The molecule has 0 bridgehead atoms. The Kier molecular flexibility index (Phi) is 2.55. The van der Waals surface area contributed by atoms with E-state index in [1.165, 1.54) is 0 Å². The Hall–Kier alpha value is -1.35. The third kappa shape index (κ3) is 1.45. The summed E-state index contributed by atoms with van der Waals surface area (Å²) in [6, 6.07) is 3.98. The molecule has 0 amide bonds. The average Bonchev–Trinajstić information content (AvgIpc) is 2.58. The molecular formula is C16H20O3. The van der Waals surface area contributed by atoms with Gasteiger partial charge in [-0.15, -0.1) is 0 Å². The van der Waals surface area contributed by atoms with Gasteiger partial charge in [0.05, 0.1) is 12.5 Å². The molecule has 3 heteroatoms. The van der Waals surface area contributed by atoms with E-state index in [1.807, 2.05) is 19.9 Å². The van der Waals surface area contributed by atoms with Crippen LogP contribution in [0.4, 0.5) is 0 Å². The van der Waals surface area contributed by atoms with Crippen LogP contribution < -0.4 is 4.74 Å². The molecule has 0 unspecified atom stereocenters. The average molecular weight is 260 g/mol. The molecule has 1 saturated carbocycles. The number of methoxy groups -OCH3 is 1. The molecule has 0 saturated heterocycles. The standard InChI is InChI=1S/C16H20O3/c1-10-7-11-9-15(2)14(17)5-4-6-16(15,18)12(11)8-13(10)19-3/h7-8,18H,4-6,9H2,1-3H3/t15-,16+/m0/s1. The summed E-state index contributed by atoms with van der Waals surface area (Å²) < 4.78 is 5.36. The molecule has 0 aliphatic heterocycles. The summed E-state index contributed by atoms with van der Waals surface area (Å²) in [5, 5.41) is 11.1. The first-order valence-corrected chi connectivity index (χ1v) is 6.86. The number of fused-ring (bicyclic) bond motifs is 3. The van der Waals surface area contributed by atoms with E-state index in [2.05, 4.69) is 6.07 Å². The quantitative estimate of drug-likeness (QED) is 0.844. The number of rotatable bonds is 1. The largest absolute Gasteiger partial charge is 0.496 e. The van der Waals surface area contributed by atoms with Crippen LogP contribution in [0.25, 0.3) is 0 Å². The number of hydrogen-bond donors (Lipinski definition) is 1. The highest BCUT2D eigenvalue weighted by Crippen LogP contribution is 2.57. The van der Waals surface area contributed by atoms with Gasteiger partial charge in [-0.1, -0.05) is 6.07 Å². The lowest BCUT2D eigenvalue weighted by molar-refractivity contribution is -0.153. The van der Waals surface area contributed by atoms with Crippen LogP contribution in [0.3, 0.4) is 0 Å². The molecule has 1 fully saturated rings. The molecular weight excluding hydrogens is 240 g/mol. The number of carbonyl (C=O) groups is 1. The van der Waals surface area contributed by atoms with E-state index < -0.39 is 11.0 Å². The maximum Gasteiger partial charge on any atom is 0.142 e. The number of aliphatic hydroxyl groups is 1. The van der Waals surface area contributed by atoms with Gasteiger partial charge in [-0.3, -0.25) is 4.79 Å². The summed E-state index contributed by atoms with van der Waals surface area (Å²) in [6.07, 6.45) is 2.65. The van der Waals surface area contributed by atoms with Crippen LogP contribution in [0, 0.1) is 12.3 Å². The van der Waals surface area contributed by atoms with Crippen molar-refractivity contribution in [3.05, 3.63) is 28.8 Å². The molecule has 0 heterocycles.